The number of hydrogen-bond donors (Lipinski definition) is 1. The Morgan fingerprint density at radius 3 is 2.65 bits per heavy atom. The summed E-state index contributed by atoms with van der Waals surface area (Å²) in [5, 5.41) is 3.22. The predicted octanol–water partition coefficient (Wildman–Crippen LogP) is 1.96. The molecule has 2 aliphatic rings. The predicted molar refractivity (Wildman–Crippen MR) is 102 cm³/mol. The van der Waals surface area contributed by atoms with Gasteiger partial charge in [-0.25, -0.2) is 9.97 Å². The maximum Gasteiger partial charge on any atom is 0.271 e. The summed E-state index contributed by atoms with van der Waals surface area (Å²) in [7, 11) is 0. The first-order valence-electron chi connectivity index (χ1n) is 9.46. The van der Waals surface area contributed by atoms with Crippen LogP contribution in [-0.2, 0) is 4.74 Å². The molecule has 3 rings (SSSR count). The largest absolute Gasteiger partial charge is 0.373 e. The Kier molecular flexibility index (Phi) is 6.67. The summed E-state index contributed by atoms with van der Waals surface area (Å²) in [5.74, 6) is 0.347. The van der Waals surface area contributed by atoms with Crippen molar-refractivity contribution in [3.63, 3.8) is 0 Å². The van der Waals surface area contributed by atoms with Crippen molar-refractivity contribution < 1.29 is 9.53 Å². The van der Waals surface area contributed by atoms with Crippen LogP contribution in [0.5, 0.6) is 0 Å². The van der Waals surface area contributed by atoms with Crippen molar-refractivity contribution in [3.8, 4) is 0 Å². The average Bonchev–Trinajstić information content (AvgIpc) is 2.62. The van der Waals surface area contributed by atoms with E-state index in [9.17, 15) is 4.79 Å². The highest BCUT2D eigenvalue weighted by Gasteiger charge is 2.22. The molecule has 2 atom stereocenters. The van der Waals surface area contributed by atoms with Crippen molar-refractivity contribution in [3.05, 3.63) is 16.9 Å². The zero-order chi connectivity index (χ0) is 18.5. The third-order valence-corrected chi connectivity index (χ3v) is 5.07. The van der Waals surface area contributed by atoms with Crippen LogP contribution in [-0.4, -0.2) is 72.3 Å². The number of rotatable bonds is 5. The summed E-state index contributed by atoms with van der Waals surface area (Å²) >= 11 is 6.16. The van der Waals surface area contributed by atoms with Gasteiger partial charge >= 0.3 is 0 Å². The average molecular weight is 382 g/mol. The SMILES string of the molecule is C[C@@H]1CN(CCNC(=O)c2nc(N3CCCCC3)ncc2Cl)C[C@H](C)O1. The summed E-state index contributed by atoms with van der Waals surface area (Å²) in [6.45, 7) is 9.10. The third kappa shape index (κ3) is 5.05. The van der Waals surface area contributed by atoms with Gasteiger partial charge in [0.05, 0.1) is 23.4 Å². The fraction of sp³-hybridized carbons (Fsp3) is 0.722. The molecule has 26 heavy (non-hydrogen) atoms. The molecule has 1 aromatic heterocycles. The Bertz CT molecular complexity index is 614. The minimum absolute atomic E-state index is 0.220. The minimum Gasteiger partial charge on any atom is -0.373 e. The van der Waals surface area contributed by atoms with Gasteiger partial charge in [0.25, 0.3) is 5.91 Å². The van der Waals surface area contributed by atoms with Crippen LogP contribution in [0.1, 0.15) is 43.6 Å². The van der Waals surface area contributed by atoms with Crippen LogP contribution in [0.15, 0.2) is 6.20 Å². The smallest absolute Gasteiger partial charge is 0.271 e. The molecule has 8 heteroatoms. The van der Waals surface area contributed by atoms with Crippen molar-refractivity contribution in [1.29, 1.82) is 0 Å². The molecule has 1 N–H and O–H groups in total. The quantitative estimate of drug-likeness (QED) is 0.840. The van der Waals surface area contributed by atoms with Crippen molar-refractivity contribution in [1.82, 2.24) is 20.2 Å². The van der Waals surface area contributed by atoms with Gasteiger partial charge in [-0.15, -0.1) is 0 Å². The highest BCUT2D eigenvalue weighted by atomic mass is 35.5. The lowest BCUT2D eigenvalue weighted by Gasteiger charge is -2.35. The molecular formula is C18H28ClN5O2. The van der Waals surface area contributed by atoms with E-state index in [1.807, 2.05) is 0 Å². The molecular weight excluding hydrogens is 354 g/mol. The molecule has 7 nitrogen and oxygen atoms in total. The second-order valence-electron chi connectivity index (χ2n) is 7.19. The minimum atomic E-state index is -0.245. The first kappa shape index (κ1) is 19.3. The number of amides is 1. The molecule has 0 aliphatic carbocycles. The van der Waals surface area contributed by atoms with Gasteiger partial charge in [0.1, 0.15) is 0 Å². The summed E-state index contributed by atoms with van der Waals surface area (Å²) in [6.07, 6.45) is 5.46. The van der Waals surface area contributed by atoms with Crippen LogP contribution in [0.25, 0.3) is 0 Å². The van der Waals surface area contributed by atoms with Gasteiger partial charge in [-0.2, -0.15) is 0 Å². The summed E-state index contributed by atoms with van der Waals surface area (Å²) < 4.78 is 5.73. The van der Waals surface area contributed by atoms with Crippen LogP contribution in [0.4, 0.5) is 5.95 Å². The van der Waals surface area contributed by atoms with E-state index in [0.717, 1.165) is 45.6 Å². The van der Waals surface area contributed by atoms with Crippen LogP contribution >= 0.6 is 11.6 Å². The lowest BCUT2D eigenvalue weighted by atomic mass is 10.1. The van der Waals surface area contributed by atoms with Crippen LogP contribution in [0.2, 0.25) is 5.02 Å². The highest BCUT2D eigenvalue weighted by molar-refractivity contribution is 6.33. The van der Waals surface area contributed by atoms with Gasteiger partial charge in [0.15, 0.2) is 5.69 Å². The standard InChI is InChI=1S/C18H28ClN5O2/c1-13-11-23(12-14(2)26-13)9-6-20-17(25)16-15(19)10-21-18(22-16)24-7-4-3-5-8-24/h10,13-14H,3-9,11-12H2,1-2H3,(H,20,25)/t13-,14+. The van der Waals surface area contributed by atoms with E-state index in [1.54, 1.807) is 0 Å². The first-order valence-corrected chi connectivity index (χ1v) is 9.84. The lowest BCUT2D eigenvalue weighted by Crippen LogP contribution is -2.47. The molecule has 0 saturated carbocycles. The molecule has 0 spiro atoms. The second kappa shape index (κ2) is 8.97. The van der Waals surface area contributed by atoms with E-state index in [2.05, 4.69) is 38.9 Å². The molecule has 0 unspecified atom stereocenters. The molecule has 1 aromatic rings. The van der Waals surface area contributed by atoms with E-state index in [0.29, 0.717) is 12.5 Å². The molecule has 0 aromatic carbocycles. The van der Waals surface area contributed by atoms with E-state index in [1.165, 1.54) is 12.6 Å². The summed E-state index contributed by atoms with van der Waals surface area (Å²) in [4.78, 5) is 25.7. The number of carbonyl (C=O) groups excluding carboxylic acids is 1. The second-order valence-corrected chi connectivity index (χ2v) is 7.59. The van der Waals surface area contributed by atoms with E-state index >= 15 is 0 Å². The number of piperidine rings is 1. The molecule has 0 bridgehead atoms. The maximum atomic E-state index is 12.5. The van der Waals surface area contributed by atoms with E-state index < -0.39 is 0 Å². The van der Waals surface area contributed by atoms with Gasteiger partial charge in [-0.05, 0) is 33.1 Å². The number of hydrogen-bond acceptors (Lipinski definition) is 6. The molecule has 1 amide bonds. The zero-order valence-electron chi connectivity index (χ0n) is 15.6. The van der Waals surface area contributed by atoms with Crippen molar-refractivity contribution >= 4 is 23.5 Å². The number of nitrogens with one attached hydrogen (secondary N) is 1. The van der Waals surface area contributed by atoms with Crippen molar-refractivity contribution in [2.45, 2.75) is 45.3 Å². The van der Waals surface area contributed by atoms with Crippen molar-refractivity contribution in [2.75, 3.05) is 44.2 Å². The maximum absolute atomic E-state index is 12.5. The third-order valence-electron chi connectivity index (χ3n) is 4.79. The fourth-order valence-corrected chi connectivity index (χ4v) is 3.82. The topological polar surface area (TPSA) is 70.6 Å². The number of anilines is 1. The number of nitrogens with zero attached hydrogens (tertiary/aromatic N) is 4. The fourth-order valence-electron chi connectivity index (χ4n) is 3.64. The summed E-state index contributed by atoms with van der Waals surface area (Å²) in [6, 6.07) is 0. The lowest BCUT2D eigenvalue weighted by molar-refractivity contribution is -0.0672. The van der Waals surface area contributed by atoms with Gasteiger partial charge in [-0.3, -0.25) is 9.69 Å². The Balaban J connectivity index is 1.55. The van der Waals surface area contributed by atoms with Crippen LogP contribution in [0.3, 0.4) is 0 Å². The Labute approximate surface area is 160 Å². The zero-order valence-corrected chi connectivity index (χ0v) is 16.3. The number of halogens is 1. The number of carbonyl (C=O) groups is 1. The van der Waals surface area contributed by atoms with Crippen molar-refractivity contribution in [2.24, 2.45) is 0 Å². The molecule has 2 saturated heterocycles. The van der Waals surface area contributed by atoms with Gasteiger partial charge in [0.2, 0.25) is 5.95 Å². The first-order chi connectivity index (χ1) is 12.5. The Hall–Kier alpha value is -1.44. The number of morpholine rings is 1. The number of ether oxygens (including phenoxy) is 1. The highest BCUT2D eigenvalue weighted by Crippen LogP contribution is 2.19. The van der Waals surface area contributed by atoms with Gasteiger partial charge in [0, 0.05) is 39.3 Å². The molecule has 2 fully saturated rings. The monoisotopic (exact) mass is 381 g/mol. The van der Waals surface area contributed by atoms with Gasteiger partial charge in [-0.1, -0.05) is 11.6 Å². The molecule has 3 heterocycles. The van der Waals surface area contributed by atoms with E-state index in [-0.39, 0.29) is 28.8 Å². The summed E-state index contributed by atoms with van der Waals surface area (Å²) in [5.41, 5.74) is 0.256. The number of aromatic nitrogens is 2. The molecule has 2 aliphatic heterocycles. The Morgan fingerprint density at radius 1 is 1.27 bits per heavy atom. The molecule has 144 valence electrons. The Morgan fingerprint density at radius 2 is 1.96 bits per heavy atom. The van der Waals surface area contributed by atoms with Crippen LogP contribution in [0, 0.1) is 0 Å². The van der Waals surface area contributed by atoms with E-state index in [4.69, 9.17) is 16.3 Å². The molecule has 0 radical (unpaired) electrons. The normalized spacial score (nSPS) is 24.5. The van der Waals surface area contributed by atoms with Gasteiger partial charge < -0.3 is 15.0 Å². The van der Waals surface area contributed by atoms with Crippen LogP contribution < -0.4 is 10.2 Å².